The maximum absolute atomic E-state index is 13.7. The summed E-state index contributed by atoms with van der Waals surface area (Å²) in [5.74, 6) is 0.859. The van der Waals surface area contributed by atoms with Gasteiger partial charge in [0.25, 0.3) is 5.91 Å². The third-order valence-corrected chi connectivity index (χ3v) is 6.03. The van der Waals surface area contributed by atoms with Crippen molar-refractivity contribution in [2.75, 3.05) is 7.11 Å². The number of aromatic nitrogens is 2. The highest BCUT2D eigenvalue weighted by atomic mass is 16.5. The molecule has 1 aliphatic rings. The minimum atomic E-state index is -1.12. The van der Waals surface area contributed by atoms with Crippen LogP contribution in [-0.4, -0.2) is 39.6 Å². The van der Waals surface area contributed by atoms with E-state index in [1.54, 1.807) is 13.2 Å². The van der Waals surface area contributed by atoms with Crippen molar-refractivity contribution in [2.24, 2.45) is 0 Å². The molecule has 0 radical (unpaired) electrons. The van der Waals surface area contributed by atoms with E-state index in [4.69, 9.17) is 9.26 Å². The maximum atomic E-state index is 13.7. The third-order valence-electron chi connectivity index (χ3n) is 6.03. The highest BCUT2D eigenvalue weighted by Crippen LogP contribution is 2.29. The standard InChI is InChI=1S/C27H24N4O4/c1-34-22-14-8-13-21(15-22)24-28-23(35-30-24)18-31-25(32)27(29-26(31)33,16-19-9-4-2-5-10-19)17-20-11-6-3-7-12-20/h2-15H,16-18H2,1H3,(H,29,33). The molecule has 3 aromatic carbocycles. The van der Waals surface area contributed by atoms with Crippen molar-refractivity contribution in [2.45, 2.75) is 24.9 Å². The summed E-state index contributed by atoms with van der Waals surface area (Å²) >= 11 is 0. The minimum Gasteiger partial charge on any atom is -0.497 e. The SMILES string of the molecule is COc1cccc(-c2noc(CN3C(=O)NC(Cc4ccccc4)(Cc4ccccc4)C3=O)n2)c1. The molecule has 0 aliphatic carbocycles. The lowest BCUT2D eigenvalue weighted by molar-refractivity contribution is -0.132. The van der Waals surface area contributed by atoms with E-state index in [9.17, 15) is 9.59 Å². The number of carbonyl (C=O) groups excluding carboxylic acids is 2. The average Bonchev–Trinajstić information content (AvgIpc) is 3.44. The van der Waals surface area contributed by atoms with E-state index in [1.807, 2.05) is 78.9 Å². The average molecular weight is 469 g/mol. The van der Waals surface area contributed by atoms with Crippen LogP contribution < -0.4 is 10.1 Å². The summed E-state index contributed by atoms with van der Waals surface area (Å²) in [6.07, 6.45) is 0.728. The van der Waals surface area contributed by atoms with Crippen LogP contribution in [0, 0.1) is 0 Å². The van der Waals surface area contributed by atoms with Crippen molar-refractivity contribution in [3.63, 3.8) is 0 Å². The summed E-state index contributed by atoms with van der Waals surface area (Å²) in [5.41, 5.74) is 1.50. The fourth-order valence-corrected chi connectivity index (χ4v) is 4.34. The minimum absolute atomic E-state index is 0.118. The second-order valence-corrected chi connectivity index (χ2v) is 8.47. The van der Waals surface area contributed by atoms with Gasteiger partial charge in [0.05, 0.1) is 7.11 Å². The Morgan fingerprint density at radius 2 is 1.57 bits per heavy atom. The Balaban J connectivity index is 1.41. The molecule has 0 saturated carbocycles. The summed E-state index contributed by atoms with van der Waals surface area (Å²) in [4.78, 5) is 32.3. The van der Waals surface area contributed by atoms with Crippen molar-refractivity contribution < 1.29 is 18.8 Å². The van der Waals surface area contributed by atoms with Gasteiger partial charge in [-0.05, 0) is 23.3 Å². The number of methoxy groups -OCH3 is 1. The van der Waals surface area contributed by atoms with Crippen LogP contribution in [-0.2, 0) is 24.2 Å². The Hall–Kier alpha value is -4.46. The Labute approximate surface area is 202 Å². The molecule has 1 saturated heterocycles. The first kappa shape index (κ1) is 22.3. The fraction of sp³-hybridized carbons (Fsp3) is 0.185. The zero-order valence-electron chi connectivity index (χ0n) is 19.2. The monoisotopic (exact) mass is 468 g/mol. The molecule has 2 heterocycles. The highest BCUT2D eigenvalue weighted by molar-refractivity contribution is 6.07. The molecule has 5 rings (SSSR count). The van der Waals surface area contributed by atoms with Crippen molar-refractivity contribution in [1.29, 1.82) is 0 Å². The molecule has 0 bridgehead atoms. The largest absolute Gasteiger partial charge is 0.497 e. The van der Waals surface area contributed by atoms with Gasteiger partial charge >= 0.3 is 6.03 Å². The number of imide groups is 1. The predicted octanol–water partition coefficient (Wildman–Crippen LogP) is 4.02. The number of nitrogens with zero attached hydrogens (tertiary/aromatic N) is 3. The lowest BCUT2D eigenvalue weighted by atomic mass is 9.84. The quantitative estimate of drug-likeness (QED) is 0.392. The molecule has 0 unspecified atom stereocenters. The van der Waals surface area contributed by atoms with E-state index >= 15 is 0 Å². The smallest absolute Gasteiger partial charge is 0.325 e. The molecule has 8 nitrogen and oxygen atoms in total. The summed E-state index contributed by atoms with van der Waals surface area (Å²) in [5, 5.41) is 6.98. The first-order valence-electron chi connectivity index (χ1n) is 11.3. The third kappa shape index (κ3) is 4.63. The van der Waals surface area contributed by atoms with Crippen LogP contribution in [0.1, 0.15) is 17.0 Å². The molecule has 1 aromatic heterocycles. The van der Waals surface area contributed by atoms with Crippen molar-refractivity contribution in [1.82, 2.24) is 20.4 Å². The molecule has 8 heteroatoms. The molecule has 0 atom stereocenters. The molecule has 35 heavy (non-hydrogen) atoms. The Morgan fingerprint density at radius 1 is 0.914 bits per heavy atom. The van der Waals surface area contributed by atoms with Crippen LogP contribution in [0.5, 0.6) is 5.75 Å². The van der Waals surface area contributed by atoms with Crippen LogP contribution in [0.25, 0.3) is 11.4 Å². The molecule has 1 aliphatic heterocycles. The van der Waals surface area contributed by atoms with Gasteiger partial charge in [-0.25, -0.2) is 4.79 Å². The van der Waals surface area contributed by atoms with Crippen LogP contribution in [0.15, 0.2) is 89.5 Å². The number of amides is 3. The first-order chi connectivity index (χ1) is 17.1. The molecule has 4 aromatic rings. The summed E-state index contributed by atoms with van der Waals surface area (Å²) in [7, 11) is 1.58. The normalized spacial score (nSPS) is 14.7. The van der Waals surface area contributed by atoms with Crippen molar-refractivity contribution in [3.05, 3.63) is 102 Å². The lowest BCUT2D eigenvalue weighted by Gasteiger charge is -2.27. The van der Waals surface area contributed by atoms with Gasteiger partial charge in [0.15, 0.2) is 0 Å². The van der Waals surface area contributed by atoms with Gasteiger partial charge < -0.3 is 14.6 Å². The molecule has 1 fully saturated rings. The Kier molecular flexibility index (Phi) is 6.01. The topological polar surface area (TPSA) is 97.6 Å². The van der Waals surface area contributed by atoms with Gasteiger partial charge in [-0.3, -0.25) is 9.69 Å². The van der Waals surface area contributed by atoms with Crippen molar-refractivity contribution in [3.8, 4) is 17.1 Å². The van der Waals surface area contributed by atoms with E-state index < -0.39 is 11.6 Å². The van der Waals surface area contributed by atoms with Crippen LogP contribution in [0.3, 0.4) is 0 Å². The predicted molar refractivity (Wildman–Crippen MR) is 128 cm³/mol. The van der Waals surface area contributed by atoms with E-state index in [0.29, 0.717) is 30.0 Å². The number of benzene rings is 3. The Morgan fingerprint density at radius 3 is 2.20 bits per heavy atom. The zero-order valence-corrected chi connectivity index (χ0v) is 19.2. The number of hydrogen-bond donors (Lipinski definition) is 1. The molecule has 176 valence electrons. The second-order valence-electron chi connectivity index (χ2n) is 8.47. The number of rotatable bonds is 8. The van der Waals surface area contributed by atoms with Gasteiger partial charge in [0.1, 0.15) is 17.8 Å². The Bertz CT molecular complexity index is 1300. The molecule has 0 spiro atoms. The number of nitrogens with one attached hydrogen (secondary N) is 1. The van der Waals surface area contributed by atoms with Crippen LogP contribution in [0.2, 0.25) is 0 Å². The van der Waals surface area contributed by atoms with Gasteiger partial charge in [0, 0.05) is 18.4 Å². The number of carbonyl (C=O) groups is 2. The molecule has 1 N–H and O–H groups in total. The lowest BCUT2D eigenvalue weighted by Crippen LogP contribution is -2.51. The van der Waals surface area contributed by atoms with E-state index in [0.717, 1.165) is 16.0 Å². The first-order valence-corrected chi connectivity index (χ1v) is 11.3. The van der Waals surface area contributed by atoms with Crippen LogP contribution in [0.4, 0.5) is 4.79 Å². The van der Waals surface area contributed by atoms with E-state index in [2.05, 4.69) is 15.5 Å². The van der Waals surface area contributed by atoms with Gasteiger partial charge in [-0.15, -0.1) is 0 Å². The summed E-state index contributed by atoms with van der Waals surface area (Å²) < 4.78 is 10.6. The number of ether oxygens (including phenoxy) is 1. The zero-order chi connectivity index (χ0) is 24.3. The second kappa shape index (κ2) is 9.42. The van der Waals surface area contributed by atoms with Crippen molar-refractivity contribution >= 4 is 11.9 Å². The molecular weight excluding hydrogens is 444 g/mol. The summed E-state index contributed by atoms with van der Waals surface area (Å²) in [6.45, 7) is -0.118. The van der Waals surface area contributed by atoms with Gasteiger partial charge in [-0.2, -0.15) is 4.98 Å². The van der Waals surface area contributed by atoms with Gasteiger partial charge in [-0.1, -0.05) is 78.0 Å². The number of hydrogen-bond acceptors (Lipinski definition) is 6. The van der Waals surface area contributed by atoms with Crippen LogP contribution >= 0.6 is 0 Å². The summed E-state index contributed by atoms with van der Waals surface area (Å²) in [6, 6.07) is 26.1. The molecule has 3 amide bonds. The number of urea groups is 1. The van der Waals surface area contributed by atoms with Gasteiger partial charge in [0.2, 0.25) is 11.7 Å². The highest BCUT2D eigenvalue weighted by Gasteiger charge is 2.51. The van der Waals surface area contributed by atoms with E-state index in [-0.39, 0.29) is 18.3 Å². The maximum Gasteiger partial charge on any atom is 0.325 e. The molecular formula is C27H24N4O4. The van der Waals surface area contributed by atoms with E-state index in [1.165, 1.54) is 0 Å². The fourth-order valence-electron chi connectivity index (χ4n) is 4.34.